The number of primary amides is 1. The Kier molecular flexibility index (Phi) is 6.34. The van der Waals surface area contributed by atoms with Crippen LogP contribution in [0, 0.1) is 5.92 Å². The summed E-state index contributed by atoms with van der Waals surface area (Å²) in [6.45, 7) is 0.226. The van der Waals surface area contributed by atoms with E-state index in [-0.39, 0.29) is 30.8 Å². The molecule has 2 aromatic rings. The molecule has 10 heteroatoms. The zero-order valence-corrected chi connectivity index (χ0v) is 21.5. The van der Waals surface area contributed by atoms with Crippen LogP contribution in [0.25, 0.3) is 10.6 Å². The van der Waals surface area contributed by atoms with Crippen LogP contribution in [0.4, 0.5) is 0 Å². The van der Waals surface area contributed by atoms with Gasteiger partial charge in [-0.15, -0.1) is 28.0 Å². The smallest absolute Gasteiger partial charge is 0.259 e. The Hall–Kier alpha value is -2.36. The first-order valence-electron chi connectivity index (χ1n) is 12.8. The maximum Gasteiger partial charge on any atom is 0.259 e. The van der Waals surface area contributed by atoms with Gasteiger partial charge in [-0.3, -0.25) is 14.4 Å². The third-order valence-corrected chi connectivity index (χ3v) is 9.66. The lowest BCUT2D eigenvalue weighted by atomic mass is 9.75. The molecule has 2 aliphatic carbocycles. The van der Waals surface area contributed by atoms with Crippen molar-refractivity contribution in [1.29, 1.82) is 0 Å². The van der Waals surface area contributed by atoms with Crippen LogP contribution in [0.2, 0.25) is 0 Å². The van der Waals surface area contributed by atoms with Gasteiger partial charge in [0.1, 0.15) is 24.4 Å². The number of ketones is 1. The van der Waals surface area contributed by atoms with Crippen molar-refractivity contribution in [1.82, 2.24) is 15.1 Å². The number of likely N-dealkylation sites (tertiary alicyclic amines) is 1. The summed E-state index contributed by atoms with van der Waals surface area (Å²) in [5.74, 6) is -0.843. The molecule has 0 spiro atoms. The minimum absolute atomic E-state index is 0.0262. The van der Waals surface area contributed by atoms with Gasteiger partial charge in [0.05, 0.1) is 27.2 Å². The maximum atomic E-state index is 14.2. The fourth-order valence-electron chi connectivity index (χ4n) is 6.16. The number of hydrogen-bond acceptors (Lipinski definition) is 7. The lowest BCUT2D eigenvalue weighted by Crippen LogP contribution is -2.46. The normalized spacial score (nSPS) is 27.3. The SMILES string of the molecule is NC(=O)c1sc(-c2cc(C3CC3)cnn2)cc1[C@@H](C(=O)N1C[C@H](Cl)[C@H]2OCC(=O)[C@H]21)C1CCCCC1. The van der Waals surface area contributed by atoms with Crippen molar-refractivity contribution in [3.05, 3.63) is 34.3 Å². The molecule has 4 atom stereocenters. The van der Waals surface area contributed by atoms with Crippen molar-refractivity contribution in [3.8, 4) is 10.6 Å². The van der Waals surface area contributed by atoms with Gasteiger partial charge in [0.15, 0.2) is 5.78 Å². The standard InChI is InChI=1S/C26H29ClN4O4S/c27-17-11-31(22-19(32)12-35-23(17)22)26(34)21(14-4-2-1-3-5-14)16-9-20(36-24(16)25(28)33)18-8-15(10-29-30-18)13-6-7-13/h8-10,13-14,17,21-23H,1-7,11-12H2,(H2,28,33)/t17-,21-,22+,23+/m0/s1. The predicted octanol–water partition coefficient (Wildman–Crippen LogP) is 3.63. The predicted molar refractivity (Wildman–Crippen MR) is 135 cm³/mol. The van der Waals surface area contributed by atoms with Crippen molar-refractivity contribution in [2.24, 2.45) is 11.7 Å². The molecule has 8 nitrogen and oxygen atoms in total. The van der Waals surface area contributed by atoms with Crippen molar-refractivity contribution in [2.45, 2.75) is 74.3 Å². The number of Topliss-reactive ketones (excluding diaryl/α,β-unsaturated/α-hetero) is 1. The monoisotopic (exact) mass is 528 g/mol. The molecule has 2 saturated heterocycles. The molecule has 4 heterocycles. The highest BCUT2D eigenvalue weighted by Crippen LogP contribution is 2.45. The van der Waals surface area contributed by atoms with Gasteiger partial charge < -0.3 is 15.4 Å². The Balaban J connectivity index is 1.41. The van der Waals surface area contributed by atoms with E-state index in [1.54, 1.807) is 11.1 Å². The Morgan fingerprint density at radius 2 is 1.94 bits per heavy atom. The van der Waals surface area contributed by atoms with Gasteiger partial charge in [-0.25, -0.2) is 0 Å². The molecular formula is C26H29ClN4O4S. The molecule has 2 N–H and O–H groups in total. The third-order valence-electron chi connectivity index (χ3n) is 8.09. The minimum atomic E-state index is -0.665. The first-order valence-corrected chi connectivity index (χ1v) is 14.0. The fraction of sp³-hybridized carbons (Fsp3) is 0.577. The van der Waals surface area contributed by atoms with Crippen molar-refractivity contribution in [2.75, 3.05) is 13.2 Å². The number of amides is 2. The van der Waals surface area contributed by atoms with E-state index in [9.17, 15) is 14.4 Å². The topological polar surface area (TPSA) is 115 Å². The van der Waals surface area contributed by atoms with Gasteiger partial charge in [0.25, 0.3) is 5.91 Å². The molecule has 2 aromatic heterocycles. The molecule has 0 aromatic carbocycles. The number of halogens is 1. The lowest BCUT2D eigenvalue weighted by Gasteiger charge is -2.34. The van der Waals surface area contributed by atoms with E-state index >= 15 is 0 Å². The van der Waals surface area contributed by atoms with Crippen LogP contribution in [0.5, 0.6) is 0 Å². The van der Waals surface area contributed by atoms with Crippen LogP contribution in [-0.2, 0) is 14.3 Å². The number of carbonyl (C=O) groups excluding carboxylic acids is 3. The van der Waals surface area contributed by atoms with Crippen LogP contribution >= 0.6 is 22.9 Å². The highest BCUT2D eigenvalue weighted by Gasteiger charge is 2.53. The number of nitrogens with two attached hydrogens (primary N) is 1. The van der Waals surface area contributed by atoms with Crippen LogP contribution in [0.3, 0.4) is 0 Å². The fourth-order valence-corrected chi connectivity index (χ4v) is 7.53. The number of hydrogen-bond donors (Lipinski definition) is 1. The number of alkyl halides is 1. The van der Waals surface area contributed by atoms with Gasteiger partial charge >= 0.3 is 0 Å². The number of fused-ring (bicyclic) bond motifs is 1. The maximum absolute atomic E-state index is 14.2. The van der Waals surface area contributed by atoms with Crippen LogP contribution < -0.4 is 5.73 Å². The molecule has 190 valence electrons. The summed E-state index contributed by atoms with van der Waals surface area (Å²) in [6.07, 6.45) is 8.55. The van der Waals surface area contributed by atoms with E-state index < -0.39 is 29.3 Å². The van der Waals surface area contributed by atoms with E-state index in [2.05, 4.69) is 10.2 Å². The van der Waals surface area contributed by atoms with Crippen molar-refractivity contribution in [3.63, 3.8) is 0 Å². The number of nitrogens with zero attached hydrogens (tertiary/aromatic N) is 3. The van der Waals surface area contributed by atoms with E-state index in [1.807, 2.05) is 12.1 Å². The minimum Gasteiger partial charge on any atom is -0.366 e. The molecule has 0 bridgehead atoms. The first-order chi connectivity index (χ1) is 17.4. The van der Waals surface area contributed by atoms with Crippen molar-refractivity contribution < 1.29 is 19.1 Å². The highest BCUT2D eigenvalue weighted by atomic mass is 35.5. The summed E-state index contributed by atoms with van der Waals surface area (Å²) < 4.78 is 5.61. The molecule has 0 radical (unpaired) electrons. The summed E-state index contributed by atoms with van der Waals surface area (Å²) in [5.41, 5.74) is 8.33. The number of ether oxygens (including phenoxy) is 1. The molecule has 4 fully saturated rings. The Labute approximate surface area is 218 Å². The highest BCUT2D eigenvalue weighted by molar-refractivity contribution is 7.17. The second-order valence-corrected chi connectivity index (χ2v) is 12.1. The molecular weight excluding hydrogens is 500 g/mol. The first kappa shape index (κ1) is 24.0. The zero-order valence-electron chi connectivity index (χ0n) is 19.9. The zero-order chi connectivity index (χ0) is 25.0. The number of aromatic nitrogens is 2. The quantitative estimate of drug-likeness (QED) is 0.572. The molecule has 0 unspecified atom stereocenters. The number of carbonyl (C=O) groups is 3. The third kappa shape index (κ3) is 4.25. The summed E-state index contributed by atoms with van der Waals surface area (Å²) in [7, 11) is 0. The average Bonchev–Trinajstić information content (AvgIpc) is 3.40. The van der Waals surface area contributed by atoms with Crippen molar-refractivity contribution >= 4 is 40.5 Å². The van der Waals surface area contributed by atoms with E-state index in [1.165, 1.54) is 11.3 Å². The Morgan fingerprint density at radius 3 is 2.67 bits per heavy atom. The number of rotatable bonds is 6. The van der Waals surface area contributed by atoms with Gasteiger partial charge in [-0.1, -0.05) is 19.3 Å². The molecule has 2 aliphatic heterocycles. The Morgan fingerprint density at radius 1 is 1.17 bits per heavy atom. The van der Waals surface area contributed by atoms with E-state index in [4.69, 9.17) is 22.1 Å². The van der Waals surface area contributed by atoms with Gasteiger partial charge in [-0.05, 0) is 60.8 Å². The van der Waals surface area contributed by atoms with Gasteiger partial charge in [-0.2, -0.15) is 5.10 Å². The summed E-state index contributed by atoms with van der Waals surface area (Å²) in [6, 6.07) is 3.27. The molecule has 2 saturated carbocycles. The summed E-state index contributed by atoms with van der Waals surface area (Å²) in [5, 5.41) is 8.08. The van der Waals surface area contributed by atoms with E-state index in [0.29, 0.717) is 22.1 Å². The van der Waals surface area contributed by atoms with E-state index in [0.717, 1.165) is 55.4 Å². The largest absolute Gasteiger partial charge is 0.366 e. The van der Waals surface area contributed by atoms with Gasteiger partial charge in [0, 0.05) is 6.54 Å². The van der Waals surface area contributed by atoms with Gasteiger partial charge in [0.2, 0.25) is 5.91 Å². The lowest BCUT2D eigenvalue weighted by molar-refractivity contribution is -0.139. The molecule has 4 aliphatic rings. The van der Waals surface area contributed by atoms with Crippen LogP contribution in [0.15, 0.2) is 18.3 Å². The summed E-state index contributed by atoms with van der Waals surface area (Å²) in [4.78, 5) is 42.3. The average molecular weight is 529 g/mol. The summed E-state index contributed by atoms with van der Waals surface area (Å²) >= 11 is 7.78. The van der Waals surface area contributed by atoms with Crippen LogP contribution in [0.1, 0.15) is 77.6 Å². The molecule has 6 rings (SSSR count). The Bertz CT molecular complexity index is 1210. The second-order valence-electron chi connectivity index (χ2n) is 10.5. The molecule has 2 amide bonds. The van der Waals surface area contributed by atoms with Crippen LogP contribution in [-0.4, -0.2) is 63.4 Å². The second kappa shape index (κ2) is 9.50. The molecule has 36 heavy (non-hydrogen) atoms. The number of thiophene rings is 1.